The van der Waals surface area contributed by atoms with E-state index in [1.54, 1.807) is 0 Å². The summed E-state index contributed by atoms with van der Waals surface area (Å²) in [6.45, 7) is 8.86. The average molecular weight is 223 g/mol. The summed E-state index contributed by atoms with van der Waals surface area (Å²) in [6.07, 6.45) is 4.85. The fraction of sp³-hybridized carbons (Fsp3) is 0.929. The van der Waals surface area contributed by atoms with Crippen molar-refractivity contribution in [3.05, 3.63) is 0 Å². The maximum atomic E-state index is 11.5. The molecule has 0 aromatic heterocycles. The van der Waals surface area contributed by atoms with Gasteiger partial charge in [0, 0.05) is 31.5 Å². The molecule has 1 saturated carbocycles. The summed E-state index contributed by atoms with van der Waals surface area (Å²) in [7, 11) is 0. The smallest absolute Gasteiger partial charge is 0.138 e. The monoisotopic (exact) mass is 223 g/mol. The molecular formula is C14H25NO. The normalized spacial score (nSPS) is 42.3. The summed E-state index contributed by atoms with van der Waals surface area (Å²) in [5, 5.41) is 0. The van der Waals surface area contributed by atoms with E-state index in [4.69, 9.17) is 0 Å². The Labute approximate surface area is 99.4 Å². The molecular weight excluding hydrogens is 198 g/mol. The minimum absolute atomic E-state index is 0.264. The Kier molecular flexibility index (Phi) is 3.68. The highest BCUT2D eigenvalue weighted by Gasteiger charge is 2.33. The van der Waals surface area contributed by atoms with Crippen LogP contribution >= 0.6 is 0 Å². The Morgan fingerprint density at radius 2 is 1.94 bits per heavy atom. The van der Waals surface area contributed by atoms with Crippen molar-refractivity contribution in [2.24, 2.45) is 17.8 Å². The number of ketones is 1. The minimum Gasteiger partial charge on any atom is -0.299 e. The number of carbonyl (C=O) groups excluding carboxylic acids is 1. The van der Waals surface area contributed by atoms with Crippen LogP contribution in [0, 0.1) is 17.8 Å². The zero-order valence-electron chi connectivity index (χ0n) is 10.9. The number of hydrogen-bond acceptors (Lipinski definition) is 2. The first-order valence-corrected chi connectivity index (χ1v) is 6.84. The van der Waals surface area contributed by atoms with Crippen molar-refractivity contribution in [3.63, 3.8) is 0 Å². The molecule has 0 N–H and O–H groups in total. The van der Waals surface area contributed by atoms with E-state index in [0.29, 0.717) is 5.78 Å². The van der Waals surface area contributed by atoms with Crippen molar-refractivity contribution >= 4 is 5.78 Å². The molecule has 4 unspecified atom stereocenters. The van der Waals surface area contributed by atoms with Gasteiger partial charge in [0.1, 0.15) is 5.78 Å². The Bertz CT molecular complexity index is 263. The van der Waals surface area contributed by atoms with Crippen LogP contribution < -0.4 is 0 Å². The number of likely N-dealkylation sites (tertiary alicyclic amines) is 1. The topological polar surface area (TPSA) is 20.3 Å². The van der Waals surface area contributed by atoms with Gasteiger partial charge in [0.2, 0.25) is 0 Å². The van der Waals surface area contributed by atoms with Gasteiger partial charge in [0.15, 0.2) is 0 Å². The van der Waals surface area contributed by atoms with Crippen molar-refractivity contribution in [1.29, 1.82) is 0 Å². The zero-order chi connectivity index (χ0) is 11.7. The van der Waals surface area contributed by atoms with Crippen LogP contribution in [-0.2, 0) is 4.79 Å². The van der Waals surface area contributed by atoms with Crippen LogP contribution in [0.3, 0.4) is 0 Å². The van der Waals surface area contributed by atoms with Crippen LogP contribution in [0.25, 0.3) is 0 Å². The third kappa shape index (κ3) is 2.48. The van der Waals surface area contributed by atoms with Crippen molar-refractivity contribution in [3.8, 4) is 0 Å². The number of Topliss-reactive ketones (excluding diaryl/α,β-unsaturated/α-hetero) is 1. The summed E-state index contributed by atoms with van der Waals surface area (Å²) in [4.78, 5) is 14.1. The Morgan fingerprint density at radius 3 is 2.56 bits per heavy atom. The molecule has 2 rings (SSSR count). The highest BCUT2D eigenvalue weighted by molar-refractivity contribution is 5.81. The lowest BCUT2D eigenvalue weighted by Gasteiger charge is -2.43. The van der Waals surface area contributed by atoms with E-state index in [2.05, 4.69) is 25.7 Å². The standard InChI is InChI=1S/C14H25NO/c1-10-4-5-13(11(2)8-10)15-7-6-14(16)12(3)9-15/h10-13H,4-9H2,1-3H3. The Morgan fingerprint density at radius 1 is 1.19 bits per heavy atom. The molecule has 1 heterocycles. The number of hydrogen-bond donors (Lipinski definition) is 0. The fourth-order valence-electron chi connectivity index (χ4n) is 3.54. The first kappa shape index (κ1) is 12.1. The largest absolute Gasteiger partial charge is 0.299 e. The van der Waals surface area contributed by atoms with Gasteiger partial charge in [-0.3, -0.25) is 9.69 Å². The summed E-state index contributed by atoms with van der Waals surface area (Å²) in [5.74, 6) is 2.44. The van der Waals surface area contributed by atoms with E-state index in [0.717, 1.165) is 37.4 Å². The number of piperidine rings is 1. The molecule has 1 aliphatic carbocycles. The van der Waals surface area contributed by atoms with Crippen molar-refractivity contribution in [2.75, 3.05) is 13.1 Å². The van der Waals surface area contributed by atoms with Gasteiger partial charge in [-0.2, -0.15) is 0 Å². The van der Waals surface area contributed by atoms with Gasteiger partial charge in [-0.15, -0.1) is 0 Å². The van der Waals surface area contributed by atoms with Crippen molar-refractivity contribution < 1.29 is 4.79 Å². The molecule has 16 heavy (non-hydrogen) atoms. The van der Waals surface area contributed by atoms with Gasteiger partial charge >= 0.3 is 0 Å². The first-order chi connectivity index (χ1) is 7.58. The van der Waals surface area contributed by atoms with Crippen LogP contribution in [0.15, 0.2) is 0 Å². The molecule has 1 saturated heterocycles. The molecule has 92 valence electrons. The molecule has 0 amide bonds. The fourth-order valence-corrected chi connectivity index (χ4v) is 3.54. The quantitative estimate of drug-likeness (QED) is 0.681. The Balaban J connectivity index is 1.94. The van der Waals surface area contributed by atoms with E-state index < -0.39 is 0 Å². The van der Waals surface area contributed by atoms with Gasteiger partial charge < -0.3 is 0 Å². The SMILES string of the molecule is CC1CCC(N2CCC(=O)C(C)C2)C(C)C1. The average Bonchev–Trinajstić information content (AvgIpc) is 2.22. The second kappa shape index (κ2) is 4.87. The molecule has 0 bridgehead atoms. The maximum Gasteiger partial charge on any atom is 0.138 e. The molecule has 0 spiro atoms. The molecule has 1 aliphatic heterocycles. The van der Waals surface area contributed by atoms with Gasteiger partial charge in [-0.1, -0.05) is 20.8 Å². The summed E-state index contributed by atoms with van der Waals surface area (Å²) < 4.78 is 0. The predicted octanol–water partition coefficient (Wildman–Crippen LogP) is 2.72. The highest BCUT2D eigenvalue weighted by atomic mass is 16.1. The van der Waals surface area contributed by atoms with Gasteiger partial charge in [0.25, 0.3) is 0 Å². The van der Waals surface area contributed by atoms with E-state index in [-0.39, 0.29) is 5.92 Å². The lowest BCUT2D eigenvalue weighted by atomic mass is 9.78. The first-order valence-electron chi connectivity index (χ1n) is 6.84. The zero-order valence-corrected chi connectivity index (χ0v) is 10.9. The summed E-state index contributed by atoms with van der Waals surface area (Å²) in [5.41, 5.74) is 0. The molecule has 2 heteroatoms. The van der Waals surface area contributed by atoms with E-state index in [1.165, 1.54) is 19.3 Å². The van der Waals surface area contributed by atoms with E-state index >= 15 is 0 Å². The molecule has 4 atom stereocenters. The highest BCUT2D eigenvalue weighted by Crippen LogP contribution is 2.33. The van der Waals surface area contributed by atoms with Crippen molar-refractivity contribution in [1.82, 2.24) is 4.90 Å². The van der Waals surface area contributed by atoms with Gasteiger partial charge in [-0.05, 0) is 31.1 Å². The lowest BCUT2D eigenvalue weighted by Crippen LogP contribution is -2.49. The molecule has 0 radical (unpaired) electrons. The predicted molar refractivity (Wildman–Crippen MR) is 66.3 cm³/mol. The molecule has 0 aromatic carbocycles. The number of carbonyl (C=O) groups is 1. The van der Waals surface area contributed by atoms with Crippen molar-refractivity contribution in [2.45, 2.75) is 52.5 Å². The van der Waals surface area contributed by atoms with Crippen LogP contribution in [0.1, 0.15) is 46.5 Å². The molecule has 2 fully saturated rings. The van der Waals surface area contributed by atoms with Crippen LogP contribution in [0.2, 0.25) is 0 Å². The molecule has 2 nitrogen and oxygen atoms in total. The minimum atomic E-state index is 0.264. The van der Waals surface area contributed by atoms with E-state index in [1.807, 2.05) is 0 Å². The number of nitrogens with zero attached hydrogens (tertiary/aromatic N) is 1. The van der Waals surface area contributed by atoms with E-state index in [9.17, 15) is 4.79 Å². The van der Waals surface area contributed by atoms with Crippen LogP contribution in [-0.4, -0.2) is 29.8 Å². The summed E-state index contributed by atoms with van der Waals surface area (Å²) in [6, 6.07) is 0.742. The third-order valence-corrected chi connectivity index (χ3v) is 4.56. The number of rotatable bonds is 1. The third-order valence-electron chi connectivity index (χ3n) is 4.56. The second-order valence-corrected chi connectivity index (χ2v) is 6.08. The lowest BCUT2D eigenvalue weighted by molar-refractivity contribution is -0.126. The maximum absolute atomic E-state index is 11.5. The Hall–Kier alpha value is -0.370. The molecule has 2 aliphatic rings. The van der Waals surface area contributed by atoms with Gasteiger partial charge in [-0.25, -0.2) is 0 Å². The summed E-state index contributed by atoms with van der Waals surface area (Å²) >= 11 is 0. The van der Waals surface area contributed by atoms with Crippen LogP contribution in [0.5, 0.6) is 0 Å². The molecule has 0 aromatic rings. The van der Waals surface area contributed by atoms with Crippen LogP contribution in [0.4, 0.5) is 0 Å². The second-order valence-electron chi connectivity index (χ2n) is 6.08. The van der Waals surface area contributed by atoms with Gasteiger partial charge in [0.05, 0.1) is 0 Å².